The molecule has 0 spiro atoms. The molecule has 1 aliphatic heterocycles. The Kier molecular flexibility index (Phi) is 5.73. The van der Waals surface area contributed by atoms with E-state index in [1.807, 2.05) is 60.7 Å². The summed E-state index contributed by atoms with van der Waals surface area (Å²) in [6.45, 7) is 1.61. The van der Waals surface area contributed by atoms with Gasteiger partial charge in [0.1, 0.15) is 0 Å². The van der Waals surface area contributed by atoms with E-state index in [1.54, 1.807) is 46.2 Å². The number of hydrogen-bond donors (Lipinski definition) is 0. The van der Waals surface area contributed by atoms with Crippen LogP contribution in [0.1, 0.15) is 20.8 Å². The van der Waals surface area contributed by atoms with E-state index in [9.17, 15) is 14.4 Å². The molecule has 2 amide bonds. The van der Waals surface area contributed by atoms with Gasteiger partial charge >= 0.3 is 0 Å². The Labute approximate surface area is 213 Å². The molecule has 1 fully saturated rings. The Morgan fingerprint density at radius 3 is 1.89 bits per heavy atom. The molecule has 4 aromatic carbocycles. The fourth-order valence-corrected chi connectivity index (χ4v) is 4.94. The number of hydrogen-bond acceptors (Lipinski definition) is 4. The molecule has 0 atom stereocenters. The van der Waals surface area contributed by atoms with Crippen LogP contribution in [0.25, 0.3) is 27.2 Å². The molecular formula is C30H24N4O3. The van der Waals surface area contributed by atoms with Crippen LogP contribution in [0.15, 0.2) is 102 Å². The van der Waals surface area contributed by atoms with Crippen LogP contribution in [-0.2, 0) is 0 Å². The second kappa shape index (κ2) is 9.35. The predicted molar refractivity (Wildman–Crippen MR) is 143 cm³/mol. The van der Waals surface area contributed by atoms with Gasteiger partial charge < -0.3 is 9.80 Å². The largest absolute Gasteiger partial charge is 0.335 e. The molecular weight excluding hydrogens is 464 g/mol. The lowest BCUT2D eigenvalue weighted by atomic mass is 10.0. The molecule has 37 heavy (non-hydrogen) atoms. The topological polar surface area (TPSA) is 75.5 Å². The van der Waals surface area contributed by atoms with Gasteiger partial charge in [0.2, 0.25) is 0 Å². The molecule has 6 rings (SSSR count). The predicted octanol–water partition coefficient (Wildman–Crippen LogP) is 4.14. The molecule has 7 heteroatoms. The number of piperazine rings is 1. The summed E-state index contributed by atoms with van der Waals surface area (Å²) in [7, 11) is 0. The zero-order chi connectivity index (χ0) is 25.4. The summed E-state index contributed by atoms with van der Waals surface area (Å²) < 4.78 is 1.29. The molecule has 0 N–H and O–H groups in total. The average Bonchev–Trinajstić information content (AvgIpc) is 2.97. The number of benzene rings is 4. The van der Waals surface area contributed by atoms with Gasteiger partial charge in [0.15, 0.2) is 5.69 Å². The molecule has 0 saturated carbocycles. The first-order valence-corrected chi connectivity index (χ1v) is 12.3. The van der Waals surface area contributed by atoms with Crippen LogP contribution in [0, 0.1) is 0 Å². The van der Waals surface area contributed by atoms with Crippen molar-refractivity contribution in [2.24, 2.45) is 0 Å². The van der Waals surface area contributed by atoms with E-state index in [1.165, 1.54) is 4.68 Å². The van der Waals surface area contributed by atoms with Crippen molar-refractivity contribution in [3.63, 3.8) is 0 Å². The molecule has 0 aliphatic carbocycles. The van der Waals surface area contributed by atoms with Crippen molar-refractivity contribution in [3.05, 3.63) is 119 Å². The van der Waals surface area contributed by atoms with Gasteiger partial charge in [-0.25, -0.2) is 0 Å². The van der Waals surface area contributed by atoms with Crippen molar-refractivity contribution in [3.8, 4) is 5.69 Å². The third kappa shape index (κ3) is 4.04. The maximum absolute atomic E-state index is 13.7. The molecule has 0 radical (unpaired) electrons. The Hall–Kier alpha value is -4.78. The lowest BCUT2D eigenvalue weighted by molar-refractivity contribution is 0.0533. The Bertz CT molecular complexity index is 1700. The minimum Gasteiger partial charge on any atom is -0.335 e. The number of nitrogens with zero attached hydrogens (tertiary/aromatic N) is 4. The highest BCUT2D eigenvalue weighted by molar-refractivity contribution is 6.07. The minimum atomic E-state index is -0.274. The Morgan fingerprint density at radius 2 is 1.16 bits per heavy atom. The second-order valence-corrected chi connectivity index (χ2v) is 9.06. The van der Waals surface area contributed by atoms with E-state index in [2.05, 4.69) is 5.10 Å². The first-order chi connectivity index (χ1) is 18.1. The van der Waals surface area contributed by atoms with Gasteiger partial charge in [-0.2, -0.15) is 9.78 Å². The normalized spacial score (nSPS) is 13.7. The van der Waals surface area contributed by atoms with Crippen LogP contribution in [-0.4, -0.2) is 57.6 Å². The van der Waals surface area contributed by atoms with Crippen LogP contribution < -0.4 is 5.56 Å². The summed E-state index contributed by atoms with van der Waals surface area (Å²) in [5.74, 6) is -0.289. The van der Waals surface area contributed by atoms with E-state index in [4.69, 9.17) is 0 Å². The molecule has 5 aromatic rings. The minimum absolute atomic E-state index is 0.0369. The van der Waals surface area contributed by atoms with Gasteiger partial charge in [0, 0.05) is 37.1 Å². The lowest BCUT2D eigenvalue weighted by Crippen LogP contribution is -2.51. The Morgan fingerprint density at radius 1 is 0.595 bits per heavy atom. The maximum atomic E-state index is 13.7. The van der Waals surface area contributed by atoms with Crippen molar-refractivity contribution in [1.29, 1.82) is 0 Å². The van der Waals surface area contributed by atoms with Crippen molar-refractivity contribution < 1.29 is 9.59 Å². The summed E-state index contributed by atoms with van der Waals surface area (Å²) in [6.07, 6.45) is 0. The van der Waals surface area contributed by atoms with E-state index in [-0.39, 0.29) is 23.1 Å². The summed E-state index contributed by atoms with van der Waals surface area (Å²) in [5, 5.41) is 7.43. The van der Waals surface area contributed by atoms with Crippen LogP contribution in [0.5, 0.6) is 0 Å². The van der Waals surface area contributed by atoms with E-state index in [0.717, 1.165) is 10.8 Å². The van der Waals surface area contributed by atoms with Gasteiger partial charge in [-0.05, 0) is 35.0 Å². The zero-order valence-corrected chi connectivity index (χ0v) is 20.1. The molecule has 2 heterocycles. The van der Waals surface area contributed by atoms with Crippen molar-refractivity contribution in [1.82, 2.24) is 19.6 Å². The van der Waals surface area contributed by atoms with Gasteiger partial charge in [-0.15, -0.1) is 0 Å². The second-order valence-electron chi connectivity index (χ2n) is 9.06. The number of rotatable bonds is 3. The molecule has 182 valence electrons. The zero-order valence-electron chi connectivity index (χ0n) is 20.1. The van der Waals surface area contributed by atoms with Crippen molar-refractivity contribution >= 4 is 33.4 Å². The number of aromatic nitrogens is 2. The summed E-state index contributed by atoms with van der Waals surface area (Å²) in [5.41, 5.74) is 1.22. The smallest absolute Gasteiger partial charge is 0.279 e. The SMILES string of the molecule is O=C(c1cccc2ccccc12)N1CCN(C(=O)c2nn(-c3ccccc3)c(=O)c3ccccc23)CC1. The highest BCUT2D eigenvalue weighted by atomic mass is 16.2. The molecule has 1 aliphatic rings. The molecule has 0 bridgehead atoms. The quantitative estimate of drug-likeness (QED) is 0.383. The third-order valence-corrected chi connectivity index (χ3v) is 6.88. The first-order valence-electron chi connectivity index (χ1n) is 12.3. The molecule has 7 nitrogen and oxygen atoms in total. The lowest BCUT2D eigenvalue weighted by Gasteiger charge is -2.35. The maximum Gasteiger partial charge on any atom is 0.279 e. The fraction of sp³-hybridized carbons (Fsp3) is 0.133. The first kappa shape index (κ1) is 22.7. The number of carbonyl (C=O) groups excluding carboxylic acids is 2. The van der Waals surface area contributed by atoms with E-state index in [0.29, 0.717) is 48.2 Å². The van der Waals surface area contributed by atoms with Gasteiger partial charge in [0.25, 0.3) is 17.4 Å². The number of amides is 2. The van der Waals surface area contributed by atoms with Gasteiger partial charge in [-0.1, -0.05) is 72.8 Å². The van der Waals surface area contributed by atoms with Gasteiger partial charge in [0.05, 0.1) is 11.1 Å². The van der Waals surface area contributed by atoms with Crippen LogP contribution >= 0.6 is 0 Å². The van der Waals surface area contributed by atoms with E-state index >= 15 is 0 Å². The molecule has 1 aromatic heterocycles. The summed E-state index contributed by atoms with van der Waals surface area (Å²) in [6, 6.07) is 29.7. The number of fused-ring (bicyclic) bond motifs is 2. The molecule has 0 unspecified atom stereocenters. The number of para-hydroxylation sites is 1. The van der Waals surface area contributed by atoms with Crippen LogP contribution in [0.2, 0.25) is 0 Å². The van der Waals surface area contributed by atoms with Crippen molar-refractivity contribution in [2.75, 3.05) is 26.2 Å². The van der Waals surface area contributed by atoms with Crippen LogP contribution in [0.4, 0.5) is 0 Å². The van der Waals surface area contributed by atoms with Crippen molar-refractivity contribution in [2.45, 2.75) is 0 Å². The van der Waals surface area contributed by atoms with Crippen LogP contribution in [0.3, 0.4) is 0 Å². The highest BCUT2D eigenvalue weighted by Crippen LogP contribution is 2.22. The number of carbonyl (C=O) groups is 2. The highest BCUT2D eigenvalue weighted by Gasteiger charge is 2.28. The van der Waals surface area contributed by atoms with Gasteiger partial charge in [-0.3, -0.25) is 14.4 Å². The summed E-state index contributed by atoms with van der Waals surface area (Å²) in [4.78, 5) is 43.7. The average molecular weight is 489 g/mol. The summed E-state index contributed by atoms with van der Waals surface area (Å²) >= 11 is 0. The fourth-order valence-electron chi connectivity index (χ4n) is 4.94. The third-order valence-electron chi connectivity index (χ3n) is 6.88. The monoisotopic (exact) mass is 488 g/mol. The van der Waals surface area contributed by atoms with E-state index < -0.39 is 0 Å². The standard InChI is InChI=1S/C30H24N4O3/c35-28(25-16-8-10-21-9-4-5-13-23(21)25)32-17-19-33(20-18-32)30(37)27-24-14-6-7-15-26(24)29(36)34(31-27)22-11-2-1-3-12-22/h1-16H,17-20H2. The Balaban J connectivity index is 1.28. The molecule has 1 saturated heterocycles.